The van der Waals surface area contributed by atoms with E-state index in [4.69, 9.17) is 18.9 Å². The summed E-state index contributed by atoms with van der Waals surface area (Å²) in [5, 5.41) is 5.52. The average Bonchev–Trinajstić information content (AvgIpc) is 3.24. The fraction of sp³-hybridized carbons (Fsp3) is 0.719. The second-order valence-electron chi connectivity index (χ2n) is 15.7. The molecule has 0 aliphatic heterocycles. The number of hydrogen-bond acceptors (Lipinski definition) is 5. The van der Waals surface area contributed by atoms with Crippen molar-refractivity contribution in [2.75, 3.05) is 19.0 Å². The van der Waals surface area contributed by atoms with Crippen LogP contribution in [0.25, 0.3) is 17.1 Å². The number of pyridine rings is 1. The Morgan fingerprint density at radius 3 is 2.42 bits per heavy atom. The first-order valence-corrected chi connectivity index (χ1v) is 22.0. The molecule has 5 atom stereocenters. The largest absolute Gasteiger partial charge is 0.504 e. The van der Waals surface area contributed by atoms with Crippen molar-refractivity contribution in [3.8, 4) is 0 Å². The predicted molar refractivity (Wildman–Crippen MR) is 172 cm³/mol. The third-order valence-electron chi connectivity index (χ3n) is 10.2. The molecule has 2 aromatic rings. The summed E-state index contributed by atoms with van der Waals surface area (Å²) in [6.07, 6.45) is 14.2. The van der Waals surface area contributed by atoms with E-state index in [0.29, 0.717) is 24.6 Å². The molecule has 1 N–H and O–H groups in total. The van der Waals surface area contributed by atoms with Gasteiger partial charge >= 0.3 is 0 Å². The smallest absolute Gasteiger partial charge is 0.192 e. The summed E-state index contributed by atoms with van der Waals surface area (Å²) >= 11 is 0. The summed E-state index contributed by atoms with van der Waals surface area (Å²) in [5.74, 6) is 2.09. The van der Waals surface area contributed by atoms with Crippen molar-refractivity contribution in [2.45, 2.75) is 115 Å². The molecule has 0 amide bonds. The first kappa shape index (κ1) is 29.9. The van der Waals surface area contributed by atoms with Gasteiger partial charge in [0.1, 0.15) is 12.4 Å². The lowest BCUT2D eigenvalue weighted by Crippen LogP contribution is -2.63. The maximum absolute atomic E-state index is 7.28. The van der Waals surface area contributed by atoms with E-state index < -0.39 is 16.4 Å². The Bertz CT molecular complexity index is 1210. The highest BCUT2D eigenvalue weighted by Gasteiger charge is 2.58. The number of anilines is 1. The van der Waals surface area contributed by atoms with Crippen molar-refractivity contribution < 1.29 is 13.9 Å². The highest BCUT2D eigenvalue weighted by Crippen LogP contribution is 2.59. The summed E-state index contributed by atoms with van der Waals surface area (Å²) in [4.78, 5) is 4.87. The molecule has 4 saturated carbocycles. The van der Waals surface area contributed by atoms with Crippen molar-refractivity contribution in [2.24, 2.45) is 17.8 Å². The van der Waals surface area contributed by atoms with Gasteiger partial charge in [-0.3, -0.25) is 0 Å². The van der Waals surface area contributed by atoms with E-state index in [1.165, 1.54) is 43.8 Å². The van der Waals surface area contributed by atoms with E-state index in [0.717, 1.165) is 29.1 Å². The Morgan fingerprint density at radius 1 is 1.10 bits per heavy atom. The lowest BCUT2D eigenvalue weighted by atomic mass is 9.52. The monoisotopic (exact) mass is 583 g/mol. The van der Waals surface area contributed by atoms with Crippen LogP contribution in [0.3, 0.4) is 0 Å². The molecule has 2 heterocycles. The number of fused-ring (bicyclic) bond motifs is 1. The van der Waals surface area contributed by atoms with Crippen LogP contribution in [-0.2, 0) is 20.6 Å². The van der Waals surface area contributed by atoms with Crippen molar-refractivity contribution in [1.82, 2.24) is 9.55 Å². The van der Waals surface area contributed by atoms with Crippen LogP contribution in [0.15, 0.2) is 24.7 Å². The van der Waals surface area contributed by atoms with Crippen molar-refractivity contribution in [1.29, 1.82) is 0 Å². The Hall–Kier alpha value is -1.62. The van der Waals surface area contributed by atoms with Gasteiger partial charge in [-0.25, -0.2) is 4.98 Å². The molecule has 4 fully saturated rings. The molecule has 40 heavy (non-hydrogen) atoms. The molecule has 0 aromatic carbocycles. The Balaban J connectivity index is 1.39. The highest BCUT2D eigenvalue weighted by molar-refractivity contribution is 6.76. The van der Waals surface area contributed by atoms with Crippen molar-refractivity contribution >= 4 is 39.2 Å². The highest BCUT2D eigenvalue weighted by atomic mass is 28.4. The molecular weight excluding hydrogens is 531 g/mol. The topological polar surface area (TPSA) is 57.5 Å². The quantitative estimate of drug-likeness (QED) is 0.164. The maximum atomic E-state index is 7.28. The Kier molecular flexibility index (Phi) is 8.14. The summed E-state index contributed by atoms with van der Waals surface area (Å²) in [5.41, 5.74) is 3.32. The molecule has 4 aliphatic rings. The van der Waals surface area contributed by atoms with Gasteiger partial charge in [0, 0.05) is 44.1 Å². The van der Waals surface area contributed by atoms with Crippen molar-refractivity contribution in [3.05, 3.63) is 30.3 Å². The van der Waals surface area contributed by atoms with Gasteiger partial charge in [0.05, 0.1) is 24.7 Å². The van der Waals surface area contributed by atoms with Gasteiger partial charge < -0.3 is 23.8 Å². The van der Waals surface area contributed by atoms with Crippen LogP contribution in [0.5, 0.6) is 0 Å². The Morgan fingerprint density at radius 2 is 1.80 bits per heavy atom. The molecular formula is C32H53N3O3Si2. The summed E-state index contributed by atoms with van der Waals surface area (Å²) < 4.78 is 20.8. The molecule has 4 bridgehead atoms. The van der Waals surface area contributed by atoms with Gasteiger partial charge in [0.25, 0.3) is 0 Å². The molecule has 6 nitrogen and oxygen atoms in total. The molecule has 8 heteroatoms. The minimum absolute atomic E-state index is 0.0839. The summed E-state index contributed by atoms with van der Waals surface area (Å²) in [6.45, 7) is 20.5. The standard InChI is InChI=1S/C32H53N3O3Si2/c1-31(2,3)40(8,9)38-32-18-23-16-25(19-32)28(26(17-23)20-32)34-29-24(11-13-36-4)21-33-30-27(29)10-12-35(30)22-37-14-15-39(5,6)7/h10-13,21,23,25-26,28H,14-20,22H2,1-9H3,(H,33,34)/b13-11+/t23?,25-,26+,28+,32-. The van der Waals surface area contributed by atoms with E-state index >= 15 is 0 Å². The van der Waals surface area contributed by atoms with Crippen LogP contribution in [0.4, 0.5) is 5.69 Å². The van der Waals surface area contributed by atoms with E-state index in [9.17, 15) is 0 Å². The van der Waals surface area contributed by atoms with Gasteiger partial charge in [-0.1, -0.05) is 40.4 Å². The second-order valence-corrected chi connectivity index (χ2v) is 26.0. The number of hydrogen-bond donors (Lipinski definition) is 1. The normalized spacial score (nSPS) is 28.6. The second kappa shape index (κ2) is 10.9. The zero-order chi connectivity index (χ0) is 28.9. The molecule has 0 radical (unpaired) electrons. The molecule has 4 aliphatic carbocycles. The first-order valence-electron chi connectivity index (χ1n) is 15.4. The lowest BCUT2D eigenvalue weighted by molar-refractivity contribution is -0.120. The van der Waals surface area contributed by atoms with Gasteiger partial charge in [0.15, 0.2) is 8.32 Å². The van der Waals surface area contributed by atoms with E-state index in [-0.39, 0.29) is 10.6 Å². The zero-order valence-corrected chi connectivity index (χ0v) is 28.5. The van der Waals surface area contributed by atoms with Crippen LogP contribution in [-0.4, -0.2) is 51.3 Å². The molecule has 0 spiro atoms. The average molecular weight is 584 g/mol. The minimum atomic E-state index is -1.83. The summed E-state index contributed by atoms with van der Waals surface area (Å²) in [6, 6.07) is 3.84. The van der Waals surface area contributed by atoms with Crippen LogP contribution < -0.4 is 5.32 Å². The van der Waals surface area contributed by atoms with E-state index in [1.807, 2.05) is 12.3 Å². The lowest BCUT2D eigenvalue weighted by Gasteiger charge is -2.62. The van der Waals surface area contributed by atoms with Crippen LogP contribution in [0.1, 0.15) is 58.4 Å². The van der Waals surface area contributed by atoms with Crippen molar-refractivity contribution in [3.63, 3.8) is 0 Å². The fourth-order valence-electron chi connectivity index (χ4n) is 7.40. The van der Waals surface area contributed by atoms with E-state index in [1.54, 1.807) is 13.4 Å². The Labute approximate surface area is 244 Å². The molecule has 222 valence electrons. The third kappa shape index (κ3) is 6.10. The fourth-order valence-corrected chi connectivity index (χ4v) is 9.79. The maximum Gasteiger partial charge on any atom is 0.192 e. The summed E-state index contributed by atoms with van der Waals surface area (Å²) in [7, 11) is -1.25. The SMILES string of the molecule is CO/C=C/c1cnc2c(ccn2COCC[Si](C)(C)C)c1N[C@H]1[C@@H]2CC3C[C@H]1C[C@@](O[Si](C)(C)C(C)(C)C)(C3)C2. The predicted octanol–water partition coefficient (Wildman–Crippen LogP) is 8.35. The number of methoxy groups -OCH3 is 1. The minimum Gasteiger partial charge on any atom is -0.504 e. The number of nitrogens with one attached hydrogen (secondary N) is 1. The third-order valence-corrected chi connectivity index (χ3v) is 16.5. The van der Waals surface area contributed by atoms with Crippen LogP contribution in [0, 0.1) is 17.8 Å². The van der Waals surface area contributed by atoms with Crippen LogP contribution in [0.2, 0.25) is 43.8 Å². The zero-order valence-electron chi connectivity index (χ0n) is 26.5. The van der Waals surface area contributed by atoms with Gasteiger partial charge in [-0.05, 0) is 86.2 Å². The number of rotatable bonds is 11. The van der Waals surface area contributed by atoms with Crippen LogP contribution >= 0.6 is 0 Å². The molecule has 0 saturated heterocycles. The first-order chi connectivity index (χ1) is 18.7. The van der Waals surface area contributed by atoms with Gasteiger partial charge in [-0.15, -0.1) is 0 Å². The van der Waals surface area contributed by atoms with Gasteiger partial charge in [0.2, 0.25) is 0 Å². The molecule has 1 unspecified atom stereocenters. The number of nitrogens with zero attached hydrogens (tertiary/aromatic N) is 2. The van der Waals surface area contributed by atoms with Gasteiger partial charge in [-0.2, -0.15) is 0 Å². The number of ether oxygens (including phenoxy) is 2. The molecule has 2 aromatic heterocycles. The van der Waals surface area contributed by atoms with E-state index in [2.05, 4.69) is 75.7 Å². The molecule has 6 rings (SSSR count). The number of aromatic nitrogens is 2.